The SMILES string of the molecule is CC(=O)C=C(C)O.CC(=O)C=C(C)O.CC(C)(C)c1cc(-c2cc3cnc(-c4[c-]ccc(-c5ccccc5)c4)cc3s2)cc(C(C)(C)C)c1.CC(C)c1ccc(-c2cc3cnc(-c4[c-]ccc(-c5ccccc5)c4)cc3s2)cc1.[Ir].[Ir]. The van der Waals surface area contributed by atoms with Crippen molar-refractivity contribution in [3.63, 3.8) is 0 Å². The van der Waals surface area contributed by atoms with Gasteiger partial charge in [-0.1, -0.05) is 159 Å². The number of nitrogens with zero attached hydrogens (tertiary/aromatic N) is 2. The molecule has 4 heterocycles. The fourth-order valence-electron chi connectivity index (χ4n) is 8.55. The number of carbonyl (C=O) groups is 2. The molecule has 0 spiro atoms. The second-order valence-corrected chi connectivity index (χ2v) is 24.2. The Labute approximate surface area is 514 Å². The molecule has 0 unspecified atom stereocenters. The molecule has 81 heavy (non-hydrogen) atoms. The average Bonchev–Trinajstić information content (AvgIpc) is 4.06. The standard InChI is InChI=1S/C33H32NS.C28H22NS.2C5H8O2.2Ir/c1-32(2,3)27-16-25(17-28(19-27)33(4,5)6)30-18-26-21-34-29(20-31(26)35-30)24-14-10-13-23(15-24)22-11-8-7-9-12-22;1-19(2)20-11-13-22(14-12-20)27-16-25-18-29-26(17-28(25)30-27)24-10-6-9-23(15-24)21-7-4-3-5-8-21;2*1-4(6)3-5(2)7;;/h7-13,15-21H,1-6H3;3-9,11-19H,1-2H3;2*3,6H,1-2H3;;/q2*-1;;;;. The second kappa shape index (κ2) is 29.3. The number of aromatic nitrogens is 2. The van der Waals surface area contributed by atoms with E-state index in [1.54, 1.807) is 0 Å². The molecule has 0 fully saturated rings. The molecule has 2 N–H and O–H groups in total. The molecule has 0 aliphatic carbocycles. The van der Waals surface area contributed by atoms with E-state index in [-0.39, 0.29) is 74.1 Å². The minimum atomic E-state index is -0.125. The molecule has 10 aromatic rings. The van der Waals surface area contributed by atoms with Gasteiger partial charge in [0.1, 0.15) is 0 Å². The fraction of sp³-hybridized carbons (Fsp3) is 0.211. The van der Waals surface area contributed by atoms with Gasteiger partial charge in [0.2, 0.25) is 0 Å². The van der Waals surface area contributed by atoms with E-state index in [0.29, 0.717) is 5.92 Å². The molecule has 10 rings (SSSR count). The van der Waals surface area contributed by atoms with Crippen molar-refractivity contribution in [2.75, 3.05) is 0 Å². The predicted molar refractivity (Wildman–Crippen MR) is 335 cm³/mol. The summed E-state index contributed by atoms with van der Waals surface area (Å²) in [6, 6.07) is 65.1. The van der Waals surface area contributed by atoms with Crippen LogP contribution in [0.1, 0.15) is 106 Å². The van der Waals surface area contributed by atoms with Gasteiger partial charge in [-0.15, -0.1) is 93.5 Å². The molecule has 0 aliphatic heterocycles. The number of benzene rings is 6. The summed E-state index contributed by atoms with van der Waals surface area (Å²) in [5.74, 6) is 0.427. The summed E-state index contributed by atoms with van der Waals surface area (Å²) in [4.78, 5) is 32.1. The second-order valence-electron chi connectivity index (χ2n) is 22.0. The minimum absolute atomic E-state index is 0. The first-order valence-corrected chi connectivity index (χ1v) is 28.1. The summed E-state index contributed by atoms with van der Waals surface area (Å²) in [6.45, 7) is 23.9. The first kappa shape index (κ1) is 65.1. The number of carbonyl (C=O) groups excluding carboxylic acids is 2. The molecule has 4 aromatic heterocycles. The molecule has 0 bridgehead atoms. The predicted octanol–water partition coefficient (Wildman–Crippen LogP) is 20.0. The maximum atomic E-state index is 10.0. The van der Waals surface area contributed by atoms with Crippen molar-refractivity contribution in [3.8, 4) is 65.6 Å². The average molecular weight is 1460 g/mol. The number of ketones is 2. The van der Waals surface area contributed by atoms with Crippen LogP contribution >= 0.6 is 22.7 Å². The Bertz CT molecular complexity index is 3700. The van der Waals surface area contributed by atoms with E-state index in [2.05, 4.69) is 207 Å². The van der Waals surface area contributed by atoms with Crippen molar-refractivity contribution in [1.82, 2.24) is 9.97 Å². The van der Waals surface area contributed by atoms with E-state index < -0.39 is 0 Å². The van der Waals surface area contributed by atoms with E-state index in [9.17, 15) is 9.59 Å². The maximum Gasteiger partial charge on any atom is 0.155 e. The van der Waals surface area contributed by atoms with Crippen LogP contribution in [0, 0.1) is 12.1 Å². The Morgan fingerprint density at radius 2 is 0.877 bits per heavy atom. The van der Waals surface area contributed by atoms with Crippen LogP contribution in [0.5, 0.6) is 0 Å². The Morgan fingerprint density at radius 3 is 1.22 bits per heavy atom. The van der Waals surface area contributed by atoms with Crippen LogP contribution in [0.4, 0.5) is 0 Å². The summed E-state index contributed by atoms with van der Waals surface area (Å²) in [5, 5.41) is 19.1. The van der Waals surface area contributed by atoms with E-state index in [0.717, 1.165) is 22.5 Å². The van der Waals surface area contributed by atoms with Gasteiger partial charge in [0.25, 0.3) is 0 Å². The van der Waals surface area contributed by atoms with Gasteiger partial charge in [0.15, 0.2) is 11.6 Å². The molecular weight excluding hydrogens is 1390 g/mol. The van der Waals surface area contributed by atoms with Crippen LogP contribution in [0.25, 0.3) is 85.8 Å². The van der Waals surface area contributed by atoms with Crippen molar-refractivity contribution in [1.29, 1.82) is 0 Å². The first-order chi connectivity index (χ1) is 37.5. The van der Waals surface area contributed by atoms with Gasteiger partial charge in [0, 0.05) is 94.7 Å². The van der Waals surface area contributed by atoms with Crippen LogP contribution < -0.4 is 0 Å². The molecule has 6 aromatic carbocycles. The summed E-state index contributed by atoms with van der Waals surface area (Å²) in [7, 11) is 0. The number of fused-ring (bicyclic) bond motifs is 2. The molecular formula is C71H70Ir2N2O4S2-2. The van der Waals surface area contributed by atoms with Gasteiger partial charge in [-0.05, 0) is 119 Å². The number of thiophene rings is 2. The molecule has 420 valence electrons. The van der Waals surface area contributed by atoms with Crippen molar-refractivity contribution in [2.24, 2.45) is 0 Å². The molecule has 6 nitrogen and oxygen atoms in total. The molecule has 2 radical (unpaired) electrons. The summed E-state index contributed by atoms with van der Waals surface area (Å²) < 4.78 is 2.50. The van der Waals surface area contributed by atoms with E-state index >= 15 is 0 Å². The summed E-state index contributed by atoms with van der Waals surface area (Å²) in [5.41, 5.74) is 15.6. The number of allylic oxidation sites excluding steroid dienone is 4. The van der Waals surface area contributed by atoms with Crippen LogP contribution in [0.2, 0.25) is 0 Å². The van der Waals surface area contributed by atoms with Crippen molar-refractivity contribution < 1.29 is 60.0 Å². The van der Waals surface area contributed by atoms with Gasteiger partial charge < -0.3 is 20.2 Å². The van der Waals surface area contributed by atoms with Crippen LogP contribution in [-0.2, 0) is 60.6 Å². The fourth-order valence-corrected chi connectivity index (χ4v) is 10.7. The van der Waals surface area contributed by atoms with Crippen LogP contribution in [-0.4, -0.2) is 31.7 Å². The van der Waals surface area contributed by atoms with E-state index in [1.165, 1.54) is 120 Å². The number of aliphatic hydroxyl groups is 2. The summed E-state index contributed by atoms with van der Waals surface area (Å²) >= 11 is 3.66. The largest absolute Gasteiger partial charge is 0.512 e. The van der Waals surface area contributed by atoms with E-state index in [1.807, 2.05) is 59.3 Å². The monoisotopic (exact) mass is 1460 g/mol. The molecule has 10 heteroatoms. The third kappa shape index (κ3) is 18.6. The normalized spacial score (nSPS) is 11.5. The number of aliphatic hydroxyl groups excluding tert-OH is 2. The minimum Gasteiger partial charge on any atom is -0.512 e. The van der Waals surface area contributed by atoms with Crippen LogP contribution in [0.3, 0.4) is 0 Å². The Kier molecular flexibility index (Phi) is 23.5. The van der Waals surface area contributed by atoms with Gasteiger partial charge >= 0.3 is 0 Å². The van der Waals surface area contributed by atoms with Gasteiger partial charge in [-0.25, -0.2) is 0 Å². The number of hydrogen-bond acceptors (Lipinski definition) is 8. The molecule has 0 amide bonds. The number of rotatable bonds is 9. The number of pyridine rings is 2. The Morgan fingerprint density at radius 1 is 0.481 bits per heavy atom. The molecule has 0 saturated heterocycles. The van der Waals surface area contributed by atoms with Crippen molar-refractivity contribution >= 4 is 54.4 Å². The summed E-state index contributed by atoms with van der Waals surface area (Å²) in [6.07, 6.45) is 6.32. The van der Waals surface area contributed by atoms with Crippen LogP contribution in [0.15, 0.2) is 200 Å². The van der Waals surface area contributed by atoms with Gasteiger partial charge in [-0.3, -0.25) is 9.59 Å². The van der Waals surface area contributed by atoms with Crippen molar-refractivity contribution in [3.05, 3.63) is 229 Å². The van der Waals surface area contributed by atoms with Gasteiger partial charge in [0.05, 0.1) is 11.5 Å². The zero-order valence-electron chi connectivity index (χ0n) is 48.1. The number of hydrogen-bond donors (Lipinski definition) is 2. The topological polar surface area (TPSA) is 100 Å². The Balaban J connectivity index is 0.000000238. The smallest absolute Gasteiger partial charge is 0.155 e. The molecule has 0 saturated carbocycles. The zero-order chi connectivity index (χ0) is 57.0. The third-order valence-electron chi connectivity index (χ3n) is 12.8. The van der Waals surface area contributed by atoms with E-state index in [4.69, 9.17) is 20.2 Å². The molecule has 0 atom stereocenters. The zero-order valence-corrected chi connectivity index (χ0v) is 54.5. The quantitative estimate of drug-likeness (QED) is 0.0848. The van der Waals surface area contributed by atoms with Gasteiger partial charge in [-0.2, -0.15) is 0 Å². The maximum absolute atomic E-state index is 10.0. The first-order valence-electron chi connectivity index (χ1n) is 26.5. The third-order valence-corrected chi connectivity index (χ3v) is 15.1. The Hall–Kier alpha value is -6.74. The van der Waals surface area contributed by atoms with Crippen molar-refractivity contribution in [2.45, 2.75) is 99.8 Å². The molecule has 0 aliphatic rings.